The molecule has 0 heterocycles. The molecule has 0 aromatic heterocycles. The molecule has 1 atom stereocenters. The summed E-state index contributed by atoms with van der Waals surface area (Å²) in [6, 6.07) is 3.66. The van der Waals surface area contributed by atoms with Crippen LogP contribution in [0.1, 0.15) is 20.8 Å². The Kier molecular flexibility index (Phi) is 5.13. The fourth-order valence-electron chi connectivity index (χ4n) is 1.55. The van der Waals surface area contributed by atoms with Gasteiger partial charge in [-0.1, -0.05) is 20.8 Å². The van der Waals surface area contributed by atoms with E-state index in [-0.39, 0.29) is 0 Å². The lowest BCUT2D eigenvalue weighted by molar-refractivity contribution is 0.355. The second kappa shape index (κ2) is 6.38. The molecule has 0 bridgehead atoms. The molecule has 1 aromatic rings. The summed E-state index contributed by atoms with van der Waals surface area (Å²) in [5.74, 6) is 2.56. The van der Waals surface area contributed by atoms with E-state index in [4.69, 9.17) is 15.2 Å². The van der Waals surface area contributed by atoms with E-state index in [1.54, 1.807) is 20.3 Å². The largest absolute Gasteiger partial charge is 0.493 e. The molecule has 0 aliphatic rings. The molecule has 1 aromatic carbocycles. The van der Waals surface area contributed by atoms with Gasteiger partial charge in [0.1, 0.15) is 0 Å². The predicted octanol–water partition coefficient (Wildman–Crippen LogP) is 2.99. The van der Waals surface area contributed by atoms with Crippen molar-refractivity contribution in [3.05, 3.63) is 12.1 Å². The highest BCUT2D eigenvalue weighted by Crippen LogP contribution is 2.34. The van der Waals surface area contributed by atoms with E-state index in [2.05, 4.69) is 26.1 Å². The second-order valence-electron chi connectivity index (χ2n) is 4.90. The van der Waals surface area contributed by atoms with Gasteiger partial charge in [0.2, 0.25) is 0 Å². The Bertz CT molecular complexity index is 392. The van der Waals surface area contributed by atoms with Gasteiger partial charge in [-0.2, -0.15) is 0 Å². The molecular weight excluding hydrogens is 228 g/mol. The highest BCUT2D eigenvalue weighted by molar-refractivity contribution is 5.72. The number of methoxy groups -OCH3 is 2. The summed E-state index contributed by atoms with van der Waals surface area (Å²) in [6.45, 7) is 7.53. The molecular formula is C14H24N2O2. The average molecular weight is 252 g/mol. The van der Waals surface area contributed by atoms with Gasteiger partial charge < -0.3 is 20.5 Å². The number of rotatable bonds is 6. The molecule has 0 radical (unpaired) electrons. The molecule has 4 heteroatoms. The van der Waals surface area contributed by atoms with E-state index in [0.29, 0.717) is 29.0 Å². The van der Waals surface area contributed by atoms with Gasteiger partial charge >= 0.3 is 0 Å². The molecule has 0 spiro atoms. The fourth-order valence-corrected chi connectivity index (χ4v) is 1.55. The van der Waals surface area contributed by atoms with E-state index < -0.39 is 0 Å². The highest BCUT2D eigenvalue weighted by Gasteiger charge is 2.11. The monoisotopic (exact) mass is 252 g/mol. The van der Waals surface area contributed by atoms with E-state index in [1.165, 1.54) is 0 Å². The number of hydrogen-bond acceptors (Lipinski definition) is 4. The van der Waals surface area contributed by atoms with Crippen LogP contribution in [-0.2, 0) is 0 Å². The summed E-state index contributed by atoms with van der Waals surface area (Å²) in [5.41, 5.74) is 7.54. The third-order valence-electron chi connectivity index (χ3n) is 3.31. The number of nitrogens with one attached hydrogen (secondary N) is 1. The van der Waals surface area contributed by atoms with Crippen molar-refractivity contribution in [1.82, 2.24) is 0 Å². The Balaban J connectivity index is 2.83. The number of hydrogen-bond donors (Lipinski definition) is 2. The van der Waals surface area contributed by atoms with Crippen LogP contribution < -0.4 is 20.5 Å². The number of benzene rings is 1. The van der Waals surface area contributed by atoms with Crippen molar-refractivity contribution in [2.75, 3.05) is 31.8 Å². The molecule has 0 amide bonds. The molecule has 0 aliphatic carbocycles. The third-order valence-corrected chi connectivity index (χ3v) is 3.31. The van der Waals surface area contributed by atoms with Crippen molar-refractivity contribution >= 4 is 11.4 Å². The minimum Gasteiger partial charge on any atom is -0.493 e. The minimum absolute atomic E-state index is 0.581. The predicted molar refractivity (Wildman–Crippen MR) is 76.5 cm³/mol. The Labute approximate surface area is 109 Å². The molecule has 4 nitrogen and oxygen atoms in total. The first-order chi connectivity index (χ1) is 8.49. The zero-order valence-corrected chi connectivity index (χ0v) is 11.9. The van der Waals surface area contributed by atoms with Crippen molar-refractivity contribution in [3.63, 3.8) is 0 Å². The molecule has 0 aliphatic heterocycles. The van der Waals surface area contributed by atoms with E-state index in [1.807, 2.05) is 6.07 Å². The zero-order valence-electron chi connectivity index (χ0n) is 11.9. The molecule has 1 unspecified atom stereocenters. The third kappa shape index (κ3) is 3.45. The molecule has 3 N–H and O–H groups in total. The van der Waals surface area contributed by atoms with E-state index in [9.17, 15) is 0 Å². The average Bonchev–Trinajstić information content (AvgIpc) is 2.36. The summed E-state index contributed by atoms with van der Waals surface area (Å²) < 4.78 is 10.5. The Morgan fingerprint density at radius 3 is 2.17 bits per heavy atom. The summed E-state index contributed by atoms with van der Waals surface area (Å²) >= 11 is 0. The van der Waals surface area contributed by atoms with Crippen LogP contribution in [0.25, 0.3) is 0 Å². The zero-order chi connectivity index (χ0) is 13.7. The van der Waals surface area contributed by atoms with Crippen LogP contribution >= 0.6 is 0 Å². The van der Waals surface area contributed by atoms with Gasteiger partial charge in [0.05, 0.1) is 25.6 Å². The lowest BCUT2D eigenvalue weighted by atomic mass is 9.98. The van der Waals surface area contributed by atoms with Gasteiger partial charge in [0, 0.05) is 18.7 Å². The maximum atomic E-state index is 5.98. The van der Waals surface area contributed by atoms with Crippen LogP contribution in [-0.4, -0.2) is 20.8 Å². The standard InChI is InChI=1S/C14H24N2O2/c1-9(2)10(3)8-16-12-7-14(18-5)13(17-4)6-11(12)15/h6-7,9-10,16H,8,15H2,1-5H3. The maximum Gasteiger partial charge on any atom is 0.162 e. The summed E-state index contributed by atoms with van der Waals surface area (Å²) in [4.78, 5) is 0. The van der Waals surface area contributed by atoms with Crippen molar-refractivity contribution in [3.8, 4) is 11.5 Å². The normalized spacial score (nSPS) is 12.3. The molecule has 0 saturated heterocycles. The molecule has 0 fully saturated rings. The highest BCUT2D eigenvalue weighted by atomic mass is 16.5. The molecule has 102 valence electrons. The van der Waals surface area contributed by atoms with Gasteiger partial charge in [0.25, 0.3) is 0 Å². The number of anilines is 2. The van der Waals surface area contributed by atoms with Crippen molar-refractivity contribution < 1.29 is 9.47 Å². The van der Waals surface area contributed by atoms with Crippen LogP contribution in [0.2, 0.25) is 0 Å². The van der Waals surface area contributed by atoms with Crippen LogP contribution in [0, 0.1) is 11.8 Å². The maximum absolute atomic E-state index is 5.98. The Morgan fingerprint density at radius 1 is 1.11 bits per heavy atom. The second-order valence-corrected chi connectivity index (χ2v) is 4.90. The van der Waals surface area contributed by atoms with Crippen LogP contribution in [0.3, 0.4) is 0 Å². The van der Waals surface area contributed by atoms with Gasteiger partial charge in [-0.05, 0) is 11.8 Å². The van der Waals surface area contributed by atoms with E-state index in [0.717, 1.165) is 12.2 Å². The lowest BCUT2D eigenvalue weighted by Crippen LogP contribution is -2.17. The van der Waals surface area contributed by atoms with Crippen molar-refractivity contribution in [2.24, 2.45) is 11.8 Å². The summed E-state index contributed by atoms with van der Waals surface area (Å²) in [7, 11) is 3.22. The van der Waals surface area contributed by atoms with Gasteiger partial charge in [-0.25, -0.2) is 0 Å². The SMILES string of the molecule is COc1cc(N)c(NCC(C)C(C)C)cc1OC. The lowest BCUT2D eigenvalue weighted by Gasteiger charge is -2.19. The smallest absolute Gasteiger partial charge is 0.162 e. The summed E-state index contributed by atoms with van der Waals surface area (Å²) in [6.07, 6.45) is 0. The molecule has 18 heavy (non-hydrogen) atoms. The van der Waals surface area contributed by atoms with Crippen LogP contribution in [0.4, 0.5) is 11.4 Å². The van der Waals surface area contributed by atoms with Crippen LogP contribution in [0.15, 0.2) is 12.1 Å². The topological polar surface area (TPSA) is 56.5 Å². The summed E-state index contributed by atoms with van der Waals surface area (Å²) in [5, 5.41) is 3.36. The number of ether oxygens (including phenoxy) is 2. The number of nitrogens with two attached hydrogens (primary N) is 1. The molecule has 0 saturated carbocycles. The van der Waals surface area contributed by atoms with Crippen LogP contribution in [0.5, 0.6) is 11.5 Å². The van der Waals surface area contributed by atoms with Crippen molar-refractivity contribution in [1.29, 1.82) is 0 Å². The Morgan fingerprint density at radius 2 is 1.67 bits per heavy atom. The van der Waals surface area contributed by atoms with Gasteiger partial charge in [-0.15, -0.1) is 0 Å². The minimum atomic E-state index is 0.581. The first kappa shape index (κ1) is 14.5. The quantitative estimate of drug-likeness (QED) is 0.764. The first-order valence-corrected chi connectivity index (χ1v) is 6.25. The number of nitrogen functional groups attached to an aromatic ring is 1. The fraction of sp³-hybridized carbons (Fsp3) is 0.571. The van der Waals surface area contributed by atoms with E-state index >= 15 is 0 Å². The van der Waals surface area contributed by atoms with Gasteiger partial charge in [-0.3, -0.25) is 0 Å². The Hall–Kier alpha value is -1.58. The first-order valence-electron chi connectivity index (χ1n) is 6.25. The van der Waals surface area contributed by atoms with Crippen molar-refractivity contribution in [2.45, 2.75) is 20.8 Å². The molecule has 1 rings (SSSR count). The van der Waals surface area contributed by atoms with Gasteiger partial charge in [0.15, 0.2) is 11.5 Å².